The molecule has 0 spiro atoms. The minimum atomic E-state index is 0. The van der Waals surface area contributed by atoms with Crippen molar-refractivity contribution >= 4 is 24.0 Å². The molecule has 1 aliphatic rings. The Morgan fingerprint density at radius 2 is 2.00 bits per heavy atom. The van der Waals surface area contributed by atoms with Gasteiger partial charge in [-0.2, -0.15) is 0 Å². The summed E-state index contributed by atoms with van der Waals surface area (Å²) in [6, 6.07) is 7.99. The maximum Gasteiger partial charge on any atom is 0.0453 e. The fourth-order valence-corrected chi connectivity index (χ4v) is 1.89. The average molecular weight is 232 g/mol. The highest BCUT2D eigenvalue weighted by molar-refractivity contribution is 6.31. The molecule has 0 saturated heterocycles. The van der Waals surface area contributed by atoms with E-state index in [1.54, 1.807) is 0 Å². The summed E-state index contributed by atoms with van der Waals surface area (Å²) in [4.78, 5) is 0. The van der Waals surface area contributed by atoms with Crippen LogP contribution >= 0.6 is 24.0 Å². The van der Waals surface area contributed by atoms with Gasteiger partial charge in [-0.1, -0.05) is 42.6 Å². The molecule has 78 valence electrons. The highest BCUT2D eigenvalue weighted by Crippen LogP contribution is 2.37. The second kappa shape index (κ2) is 5.01. The van der Waals surface area contributed by atoms with Crippen LogP contribution < -0.4 is 5.73 Å². The van der Waals surface area contributed by atoms with Crippen LogP contribution in [0.2, 0.25) is 5.02 Å². The summed E-state index contributed by atoms with van der Waals surface area (Å²) in [7, 11) is 0. The van der Waals surface area contributed by atoms with Crippen molar-refractivity contribution in [3.05, 3.63) is 34.9 Å². The van der Waals surface area contributed by atoms with E-state index < -0.39 is 0 Å². The third-order valence-electron chi connectivity index (χ3n) is 2.59. The number of halogens is 2. The Morgan fingerprint density at radius 1 is 1.36 bits per heavy atom. The Morgan fingerprint density at radius 3 is 2.57 bits per heavy atom. The summed E-state index contributed by atoms with van der Waals surface area (Å²) < 4.78 is 0. The molecule has 0 amide bonds. The second-order valence-electron chi connectivity index (χ2n) is 3.81. The largest absolute Gasteiger partial charge is 0.324 e. The van der Waals surface area contributed by atoms with Gasteiger partial charge in [0.05, 0.1) is 0 Å². The number of benzene rings is 1. The first-order valence-corrected chi connectivity index (χ1v) is 5.15. The molecule has 1 aromatic carbocycles. The lowest BCUT2D eigenvalue weighted by Crippen LogP contribution is -2.11. The van der Waals surface area contributed by atoms with Crippen molar-refractivity contribution in [1.82, 2.24) is 0 Å². The van der Waals surface area contributed by atoms with Crippen molar-refractivity contribution in [2.75, 3.05) is 0 Å². The maximum atomic E-state index is 6.05. The third kappa shape index (κ3) is 2.88. The fourth-order valence-electron chi connectivity index (χ4n) is 1.62. The number of rotatable bonds is 3. The van der Waals surface area contributed by atoms with Gasteiger partial charge < -0.3 is 5.73 Å². The topological polar surface area (TPSA) is 26.0 Å². The van der Waals surface area contributed by atoms with Gasteiger partial charge in [0.25, 0.3) is 0 Å². The molecular weight excluding hydrogens is 217 g/mol. The summed E-state index contributed by atoms with van der Waals surface area (Å²) in [5.41, 5.74) is 7.15. The lowest BCUT2D eigenvalue weighted by molar-refractivity contribution is 0.597. The molecule has 1 atom stereocenters. The van der Waals surface area contributed by atoms with Crippen LogP contribution in [0, 0.1) is 5.92 Å². The summed E-state index contributed by atoms with van der Waals surface area (Å²) >= 11 is 6.04. The molecule has 0 radical (unpaired) electrons. The molecule has 1 aliphatic carbocycles. The molecule has 2 N–H and O–H groups in total. The molecule has 14 heavy (non-hydrogen) atoms. The predicted molar refractivity (Wildman–Crippen MR) is 63.0 cm³/mol. The molecule has 1 nitrogen and oxygen atoms in total. The van der Waals surface area contributed by atoms with E-state index in [-0.39, 0.29) is 18.4 Å². The van der Waals surface area contributed by atoms with Crippen molar-refractivity contribution in [2.24, 2.45) is 11.7 Å². The van der Waals surface area contributed by atoms with Crippen molar-refractivity contribution < 1.29 is 0 Å². The lowest BCUT2D eigenvalue weighted by Gasteiger charge is -2.12. The standard InChI is InChI=1S/C11H14ClN.ClH/c12-10-4-2-1-3-9(10)11(13)7-8-5-6-8;/h1-4,8,11H,5-7,13H2;1H/t11-;/m1./s1. The summed E-state index contributed by atoms with van der Waals surface area (Å²) in [6.45, 7) is 0. The molecule has 1 saturated carbocycles. The molecule has 3 heteroatoms. The molecular formula is C11H15Cl2N. The van der Waals surface area contributed by atoms with Gasteiger partial charge in [-0.25, -0.2) is 0 Å². The van der Waals surface area contributed by atoms with Crippen LogP contribution in [0.4, 0.5) is 0 Å². The molecule has 0 unspecified atom stereocenters. The number of hydrogen-bond donors (Lipinski definition) is 1. The zero-order valence-electron chi connectivity index (χ0n) is 7.95. The summed E-state index contributed by atoms with van der Waals surface area (Å²) in [5.74, 6) is 0.853. The first-order chi connectivity index (χ1) is 6.27. The van der Waals surface area contributed by atoms with Crippen molar-refractivity contribution in [1.29, 1.82) is 0 Å². The summed E-state index contributed by atoms with van der Waals surface area (Å²) in [6.07, 6.45) is 3.78. The fraction of sp³-hybridized carbons (Fsp3) is 0.455. The van der Waals surface area contributed by atoms with E-state index in [0.29, 0.717) is 0 Å². The van der Waals surface area contributed by atoms with E-state index in [1.807, 2.05) is 24.3 Å². The van der Waals surface area contributed by atoms with Crippen LogP contribution in [-0.4, -0.2) is 0 Å². The van der Waals surface area contributed by atoms with Gasteiger partial charge in [-0.15, -0.1) is 12.4 Å². The molecule has 0 heterocycles. The van der Waals surface area contributed by atoms with Crippen molar-refractivity contribution in [3.63, 3.8) is 0 Å². The van der Waals surface area contributed by atoms with E-state index in [9.17, 15) is 0 Å². The van der Waals surface area contributed by atoms with E-state index >= 15 is 0 Å². The molecule has 0 aromatic heterocycles. The van der Waals surface area contributed by atoms with E-state index in [1.165, 1.54) is 12.8 Å². The number of nitrogens with two attached hydrogens (primary N) is 1. The predicted octanol–water partition coefficient (Wildman–Crippen LogP) is 3.56. The van der Waals surface area contributed by atoms with Crippen LogP contribution in [0.25, 0.3) is 0 Å². The van der Waals surface area contributed by atoms with Crippen LogP contribution in [-0.2, 0) is 0 Å². The van der Waals surface area contributed by atoms with Crippen LogP contribution in [0.1, 0.15) is 30.9 Å². The zero-order chi connectivity index (χ0) is 9.26. The van der Waals surface area contributed by atoms with E-state index in [4.69, 9.17) is 17.3 Å². The molecule has 1 fully saturated rings. The first kappa shape index (κ1) is 11.8. The lowest BCUT2D eigenvalue weighted by atomic mass is 10.0. The van der Waals surface area contributed by atoms with Gasteiger partial charge >= 0.3 is 0 Å². The Hall–Kier alpha value is -0.240. The monoisotopic (exact) mass is 231 g/mol. The zero-order valence-corrected chi connectivity index (χ0v) is 9.52. The van der Waals surface area contributed by atoms with Crippen LogP contribution in [0.3, 0.4) is 0 Å². The van der Waals surface area contributed by atoms with Gasteiger partial charge in [0.15, 0.2) is 0 Å². The molecule has 0 aliphatic heterocycles. The van der Waals surface area contributed by atoms with Crippen molar-refractivity contribution in [2.45, 2.75) is 25.3 Å². The quantitative estimate of drug-likeness (QED) is 0.847. The van der Waals surface area contributed by atoms with E-state index in [0.717, 1.165) is 22.9 Å². The Labute approximate surface area is 96.0 Å². The van der Waals surface area contributed by atoms with Gasteiger partial charge in [0.2, 0.25) is 0 Å². The minimum absolute atomic E-state index is 0. The Kier molecular flexibility index (Phi) is 4.24. The Bertz CT molecular complexity index is 297. The molecule has 2 rings (SSSR count). The van der Waals surface area contributed by atoms with Crippen molar-refractivity contribution in [3.8, 4) is 0 Å². The van der Waals surface area contributed by atoms with Crippen LogP contribution in [0.5, 0.6) is 0 Å². The normalized spacial score (nSPS) is 17.3. The third-order valence-corrected chi connectivity index (χ3v) is 2.93. The van der Waals surface area contributed by atoms with Gasteiger partial charge in [0.1, 0.15) is 0 Å². The first-order valence-electron chi connectivity index (χ1n) is 4.77. The summed E-state index contributed by atoms with van der Waals surface area (Å²) in [5, 5.41) is 0.802. The molecule has 0 bridgehead atoms. The molecule has 1 aromatic rings. The SMILES string of the molecule is Cl.N[C@H](CC1CC1)c1ccccc1Cl. The smallest absolute Gasteiger partial charge is 0.0453 e. The number of hydrogen-bond acceptors (Lipinski definition) is 1. The van der Waals surface area contributed by atoms with Gasteiger partial charge in [-0.3, -0.25) is 0 Å². The highest BCUT2D eigenvalue weighted by atomic mass is 35.5. The van der Waals surface area contributed by atoms with Gasteiger partial charge in [-0.05, 0) is 24.0 Å². The second-order valence-corrected chi connectivity index (χ2v) is 4.21. The van der Waals surface area contributed by atoms with Gasteiger partial charge in [0, 0.05) is 11.1 Å². The average Bonchev–Trinajstić information content (AvgIpc) is 2.89. The Balaban J connectivity index is 0.000000980. The minimum Gasteiger partial charge on any atom is -0.324 e. The van der Waals surface area contributed by atoms with Crippen LogP contribution in [0.15, 0.2) is 24.3 Å². The maximum absolute atomic E-state index is 6.05. The van der Waals surface area contributed by atoms with E-state index in [2.05, 4.69) is 0 Å². The highest BCUT2D eigenvalue weighted by Gasteiger charge is 2.24.